The largest absolute Gasteiger partial charge is 0.418 e. The molecule has 2 bridgehead atoms. The molecule has 2 aliphatic heterocycles. The van der Waals surface area contributed by atoms with Gasteiger partial charge < -0.3 is 14.5 Å². The molecule has 28 heavy (non-hydrogen) atoms. The third kappa shape index (κ3) is 3.51. The van der Waals surface area contributed by atoms with Crippen molar-refractivity contribution in [1.29, 1.82) is 0 Å². The Morgan fingerprint density at radius 1 is 1.50 bits per heavy atom. The summed E-state index contributed by atoms with van der Waals surface area (Å²) in [4.78, 5) is 34.4. The summed E-state index contributed by atoms with van der Waals surface area (Å²) in [5.41, 5.74) is 3.40. The standard InChI is InChI=1S/C13H18N6O8S/c1-14-12(16-26-9(20)6-25-3)11-10-7(4-15-17(10)2)8-5-18(11)13(21)19(8)27-28(22,23)24/h4,8,11H,5-6H2,1-3H3,(H,14,16)(H,22,23,24)/t8-,11-/m0/s1. The molecule has 3 rings (SSSR count). The van der Waals surface area contributed by atoms with E-state index in [0.29, 0.717) is 16.3 Å². The van der Waals surface area contributed by atoms with Crippen molar-refractivity contribution in [3.63, 3.8) is 0 Å². The minimum Gasteiger partial charge on any atom is -0.373 e. The van der Waals surface area contributed by atoms with Gasteiger partial charge in [0.2, 0.25) is 0 Å². The van der Waals surface area contributed by atoms with E-state index in [0.717, 1.165) is 0 Å². The smallest absolute Gasteiger partial charge is 0.373 e. The fourth-order valence-corrected chi connectivity index (χ4v) is 3.56. The molecule has 2 amide bonds. The summed E-state index contributed by atoms with van der Waals surface area (Å²) >= 11 is 0. The molecule has 1 saturated heterocycles. The highest BCUT2D eigenvalue weighted by atomic mass is 32.3. The Kier molecular flexibility index (Phi) is 5.24. The van der Waals surface area contributed by atoms with Crippen LogP contribution in [0.4, 0.5) is 4.79 Å². The second-order valence-corrected chi connectivity index (χ2v) is 6.91. The molecular formula is C13H18N6O8S. The summed E-state index contributed by atoms with van der Waals surface area (Å²) in [5.74, 6) is -0.624. The summed E-state index contributed by atoms with van der Waals surface area (Å²) in [6.07, 6.45) is 1.45. The maximum absolute atomic E-state index is 12.7. The molecule has 154 valence electrons. The number of nitrogens with one attached hydrogen (secondary N) is 1. The molecule has 2 aliphatic rings. The number of fused-ring (bicyclic) bond motifs is 4. The molecule has 2 atom stereocenters. The van der Waals surface area contributed by atoms with E-state index in [1.54, 1.807) is 7.05 Å². The van der Waals surface area contributed by atoms with Crippen LogP contribution in [0.5, 0.6) is 0 Å². The quantitative estimate of drug-likeness (QED) is 0.254. The maximum Gasteiger partial charge on any atom is 0.418 e. The lowest BCUT2D eigenvalue weighted by molar-refractivity contribution is -0.152. The number of rotatable bonds is 5. The number of ether oxygens (including phenoxy) is 1. The van der Waals surface area contributed by atoms with Crippen LogP contribution in [-0.4, -0.2) is 77.9 Å². The molecule has 0 aliphatic carbocycles. The number of aromatic nitrogens is 2. The van der Waals surface area contributed by atoms with E-state index >= 15 is 0 Å². The summed E-state index contributed by atoms with van der Waals surface area (Å²) in [6.45, 7) is -0.267. The SMILES string of the molecule is CN=C(NOC(=O)COC)[C@@H]1c2c(cnn2C)[C@@H]2CN1C(=O)N2OS(=O)(=O)O. The Hall–Kier alpha value is -2.75. The summed E-state index contributed by atoms with van der Waals surface area (Å²) in [7, 11) is -0.555. The number of hydrogen-bond donors (Lipinski definition) is 2. The number of amides is 2. The lowest BCUT2D eigenvalue weighted by Crippen LogP contribution is -2.45. The summed E-state index contributed by atoms with van der Waals surface area (Å²) in [5, 5.41) is 4.69. The molecule has 1 fully saturated rings. The summed E-state index contributed by atoms with van der Waals surface area (Å²) in [6, 6.07) is -2.51. The minimum absolute atomic E-state index is 0.0322. The van der Waals surface area contributed by atoms with Gasteiger partial charge in [0.05, 0.1) is 18.4 Å². The average molecular weight is 418 g/mol. The van der Waals surface area contributed by atoms with Crippen molar-refractivity contribution < 1.29 is 36.4 Å². The molecule has 1 aromatic heterocycles. The molecule has 3 heterocycles. The van der Waals surface area contributed by atoms with Gasteiger partial charge in [-0.2, -0.15) is 18.6 Å². The van der Waals surface area contributed by atoms with Crippen LogP contribution in [0, 0.1) is 0 Å². The van der Waals surface area contributed by atoms with Crippen LogP contribution in [0.2, 0.25) is 0 Å². The Labute approximate surface area is 159 Å². The van der Waals surface area contributed by atoms with Gasteiger partial charge in [0.15, 0.2) is 5.84 Å². The second kappa shape index (κ2) is 7.34. The van der Waals surface area contributed by atoms with E-state index < -0.39 is 34.5 Å². The van der Waals surface area contributed by atoms with Crippen molar-refractivity contribution >= 4 is 28.2 Å². The van der Waals surface area contributed by atoms with Gasteiger partial charge in [0.1, 0.15) is 18.7 Å². The molecule has 15 heteroatoms. The zero-order chi connectivity index (χ0) is 20.6. The lowest BCUT2D eigenvalue weighted by Gasteiger charge is -2.31. The molecule has 0 aromatic carbocycles. The van der Waals surface area contributed by atoms with Crippen molar-refractivity contribution in [3.8, 4) is 0 Å². The number of aryl methyl sites for hydroxylation is 1. The number of hydrogen-bond acceptors (Lipinski definition) is 9. The van der Waals surface area contributed by atoms with Gasteiger partial charge in [-0.25, -0.2) is 15.1 Å². The first-order valence-corrected chi connectivity index (χ1v) is 9.24. The highest BCUT2D eigenvalue weighted by Gasteiger charge is 2.53. The fraction of sp³-hybridized carbons (Fsp3) is 0.538. The molecule has 0 saturated carbocycles. The first kappa shape index (κ1) is 20.0. The van der Waals surface area contributed by atoms with Crippen LogP contribution >= 0.6 is 0 Å². The average Bonchev–Trinajstić information content (AvgIpc) is 3.11. The number of aliphatic imine (C=N–C) groups is 1. The predicted molar refractivity (Wildman–Crippen MR) is 89.7 cm³/mol. The molecule has 2 N–H and O–H groups in total. The highest BCUT2D eigenvalue weighted by molar-refractivity contribution is 7.80. The van der Waals surface area contributed by atoms with E-state index in [2.05, 4.69) is 24.6 Å². The number of methoxy groups -OCH3 is 1. The third-order valence-corrected chi connectivity index (χ3v) is 4.59. The van der Waals surface area contributed by atoms with E-state index in [-0.39, 0.29) is 19.0 Å². The van der Waals surface area contributed by atoms with Crippen molar-refractivity contribution in [2.24, 2.45) is 12.0 Å². The Balaban J connectivity index is 1.96. The van der Waals surface area contributed by atoms with E-state index in [9.17, 15) is 18.0 Å². The van der Waals surface area contributed by atoms with Crippen molar-refractivity contribution in [3.05, 3.63) is 17.5 Å². The van der Waals surface area contributed by atoms with Gasteiger partial charge in [-0.3, -0.25) is 14.2 Å². The van der Waals surface area contributed by atoms with Gasteiger partial charge >= 0.3 is 22.4 Å². The van der Waals surface area contributed by atoms with Crippen LogP contribution in [0.15, 0.2) is 11.2 Å². The number of carbonyl (C=O) groups is 2. The predicted octanol–water partition coefficient (Wildman–Crippen LogP) is -1.29. The zero-order valence-electron chi connectivity index (χ0n) is 15.1. The van der Waals surface area contributed by atoms with E-state index in [1.807, 2.05) is 0 Å². The number of amidine groups is 1. The Morgan fingerprint density at radius 3 is 2.82 bits per heavy atom. The molecule has 1 aromatic rings. The highest BCUT2D eigenvalue weighted by Crippen LogP contribution is 2.44. The van der Waals surface area contributed by atoms with Crippen LogP contribution < -0.4 is 5.48 Å². The Morgan fingerprint density at radius 2 is 2.21 bits per heavy atom. The zero-order valence-corrected chi connectivity index (χ0v) is 15.9. The van der Waals surface area contributed by atoms with Crippen LogP contribution in [0.1, 0.15) is 23.3 Å². The fourth-order valence-electron chi connectivity index (χ4n) is 3.18. The molecular weight excluding hydrogens is 400 g/mol. The third-order valence-electron chi connectivity index (χ3n) is 4.24. The van der Waals surface area contributed by atoms with Gasteiger partial charge in [-0.1, -0.05) is 0 Å². The Bertz CT molecular complexity index is 927. The molecule has 0 unspecified atom stereocenters. The first-order chi connectivity index (χ1) is 13.2. The molecule has 14 nitrogen and oxygen atoms in total. The molecule has 0 spiro atoms. The van der Waals surface area contributed by atoms with Crippen molar-refractivity contribution in [1.82, 2.24) is 25.2 Å². The number of urea groups is 1. The van der Waals surface area contributed by atoms with Gasteiger partial charge in [-0.05, 0) is 0 Å². The minimum atomic E-state index is -4.92. The van der Waals surface area contributed by atoms with Crippen molar-refractivity contribution in [2.75, 3.05) is 27.3 Å². The monoisotopic (exact) mass is 418 g/mol. The summed E-state index contributed by atoms with van der Waals surface area (Å²) < 4.78 is 41.9. The second-order valence-electron chi connectivity index (χ2n) is 5.91. The van der Waals surface area contributed by atoms with Crippen molar-refractivity contribution in [2.45, 2.75) is 12.1 Å². The van der Waals surface area contributed by atoms with Crippen LogP contribution in [0.25, 0.3) is 0 Å². The topological polar surface area (TPSA) is 165 Å². The van der Waals surface area contributed by atoms with E-state index in [1.165, 1.54) is 29.9 Å². The maximum atomic E-state index is 12.7. The van der Waals surface area contributed by atoms with Crippen LogP contribution in [0.3, 0.4) is 0 Å². The van der Waals surface area contributed by atoms with E-state index in [4.69, 9.17) is 9.39 Å². The molecule has 0 radical (unpaired) electrons. The first-order valence-electron chi connectivity index (χ1n) is 7.87. The number of hydroxylamine groups is 3. The lowest BCUT2D eigenvalue weighted by atomic mass is 9.97. The number of carbonyl (C=O) groups excluding carboxylic acids is 2. The van der Waals surface area contributed by atoms with Crippen LogP contribution in [-0.2, 0) is 36.1 Å². The number of nitrogens with zero attached hydrogens (tertiary/aromatic N) is 5. The van der Waals surface area contributed by atoms with Gasteiger partial charge in [0.25, 0.3) is 0 Å². The van der Waals surface area contributed by atoms with Gasteiger partial charge in [-0.15, -0.1) is 4.28 Å². The van der Waals surface area contributed by atoms with Gasteiger partial charge in [0, 0.05) is 26.8 Å². The normalized spacial score (nSPS) is 21.7.